The lowest BCUT2D eigenvalue weighted by molar-refractivity contribution is -0.153. The van der Waals surface area contributed by atoms with Gasteiger partial charge in [-0.2, -0.15) is 0 Å². The molecule has 2 unspecified atom stereocenters. The Morgan fingerprint density at radius 3 is 2.44 bits per heavy atom. The van der Waals surface area contributed by atoms with Crippen LogP contribution in [-0.4, -0.2) is 38.8 Å². The van der Waals surface area contributed by atoms with E-state index in [0.29, 0.717) is 0 Å². The number of carboxylic acid groups (broad SMARTS) is 1. The largest absolute Gasteiger partial charge is 0.507 e. The van der Waals surface area contributed by atoms with Gasteiger partial charge < -0.3 is 20.4 Å². The van der Waals surface area contributed by atoms with E-state index >= 15 is 0 Å². The minimum absolute atomic E-state index is 0.134. The van der Waals surface area contributed by atoms with Crippen molar-refractivity contribution in [3.8, 4) is 5.75 Å². The van der Waals surface area contributed by atoms with Crippen molar-refractivity contribution >= 4 is 12.3 Å². The summed E-state index contributed by atoms with van der Waals surface area (Å²) in [6.07, 6.45) is -3.55. The summed E-state index contributed by atoms with van der Waals surface area (Å²) in [5.41, 5.74) is -0.375. The van der Waals surface area contributed by atoms with Crippen LogP contribution in [0.3, 0.4) is 0 Å². The third-order valence-electron chi connectivity index (χ3n) is 2.11. The summed E-state index contributed by atoms with van der Waals surface area (Å²) < 4.78 is 0. The average Bonchev–Trinajstić information content (AvgIpc) is 2.26. The molecule has 0 aromatic heterocycles. The number of phenolic OH excluding ortho intramolecular Hbond substituents is 1. The predicted molar refractivity (Wildman–Crippen MR) is 52.1 cm³/mol. The maximum absolute atomic E-state index is 10.6. The number of aromatic hydroxyl groups is 1. The number of benzene rings is 1. The van der Waals surface area contributed by atoms with E-state index in [4.69, 9.17) is 10.2 Å². The number of carboxylic acids is 1. The van der Waals surface area contributed by atoms with Crippen LogP contribution in [0.15, 0.2) is 18.2 Å². The molecule has 1 aromatic rings. The summed E-state index contributed by atoms with van der Waals surface area (Å²) in [7, 11) is 0. The summed E-state index contributed by atoms with van der Waals surface area (Å²) in [5, 5.41) is 36.4. The van der Waals surface area contributed by atoms with Crippen molar-refractivity contribution in [1.29, 1.82) is 0 Å². The first-order valence-corrected chi connectivity index (χ1v) is 4.35. The lowest BCUT2D eigenvalue weighted by Crippen LogP contribution is -2.28. The highest BCUT2D eigenvalue weighted by Crippen LogP contribution is 2.26. The highest BCUT2D eigenvalue weighted by Gasteiger charge is 2.27. The fourth-order valence-corrected chi connectivity index (χ4v) is 1.26. The Kier molecular flexibility index (Phi) is 3.60. The Morgan fingerprint density at radius 1 is 1.31 bits per heavy atom. The number of aliphatic carboxylic acids is 1. The Labute approximate surface area is 90.4 Å². The summed E-state index contributed by atoms with van der Waals surface area (Å²) >= 11 is 0. The average molecular weight is 226 g/mol. The van der Waals surface area contributed by atoms with Gasteiger partial charge in [-0.05, 0) is 11.6 Å². The van der Waals surface area contributed by atoms with Crippen LogP contribution in [0.25, 0.3) is 0 Å². The molecule has 0 bridgehead atoms. The number of rotatable bonds is 4. The molecule has 0 aliphatic carbocycles. The third kappa shape index (κ3) is 2.18. The van der Waals surface area contributed by atoms with Gasteiger partial charge in [0.1, 0.15) is 11.9 Å². The van der Waals surface area contributed by atoms with Crippen molar-refractivity contribution in [3.63, 3.8) is 0 Å². The molecule has 86 valence electrons. The Hall–Kier alpha value is -1.92. The van der Waals surface area contributed by atoms with Crippen LogP contribution in [0, 0.1) is 0 Å². The Morgan fingerprint density at radius 2 is 1.94 bits per heavy atom. The number of aldehydes is 1. The molecule has 0 saturated carbocycles. The summed E-state index contributed by atoms with van der Waals surface area (Å²) in [6, 6.07) is 3.79. The fourth-order valence-electron chi connectivity index (χ4n) is 1.26. The standard InChI is InChI=1S/C10H10O6/c11-4-6-5(2-1-3-7(6)12)8(13)9(14)10(15)16/h1-4,8-9,12-14H,(H,15,16). The van der Waals surface area contributed by atoms with Gasteiger partial charge in [0.15, 0.2) is 12.4 Å². The molecular weight excluding hydrogens is 216 g/mol. The predicted octanol–water partition coefficient (Wildman–Crippen LogP) is -0.316. The van der Waals surface area contributed by atoms with E-state index in [1.54, 1.807) is 0 Å². The summed E-state index contributed by atoms with van der Waals surface area (Å²) in [5.74, 6) is -2.00. The van der Waals surface area contributed by atoms with Gasteiger partial charge in [-0.3, -0.25) is 4.79 Å². The lowest BCUT2D eigenvalue weighted by atomic mass is 9.98. The third-order valence-corrected chi connectivity index (χ3v) is 2.11. The van der Waals surface area contributed by atoms with Gasteiger partial charge >= 0.3 is 5.97 Å². The zero-order valence-electron chi connectivity index (χ0n) is 8.07. The second kappa shape index (κ2) is 4.73. The molecule has 0 saturated heterocycles. The van der Waals surface area contributed by atoms with Crippen molar-refractivity contribution < 1.29 is 30.0 Å². The van der Waals surface area contributed by atoms with Crippen molar-refractivity contribution in [2.75, 3.05) is 0 Å². The van der Waals surface area contributed by atoms with Gasteiger partial charge in [-0.25, -0.2) is 4.79 Å². The van der Waals surface area contributed by atoms with Crippen LogP contribution in [0.1, 0.15) is 22.0 Å². The van der Waals surface area contributed by atoms with Crippen molar-refractivity contribution in [2.24, 2.45) is 0 Å². The van der Waals surface area contributed by atoms with E-state index in [1.807, 2.05) is 0 Å². The van der Waals surface area contributed by atoms with E-state index in [1.165, 1.54) is 18.2 Å². The zero-order chi connectivity index (χ0) is 12.3. The van der Waals surface area contributed by atoms with Crippen molar-refractivity contribution in [2.45, 2.75) is 12.2 Å². The van der Waals surface area contributed by atoms with Crippen LogP contribution in [-0.2, 0) is 4.79 Å². The van der Waals surface area contributed by atoms with Crippen molar-refractivity contribution in [3.05, 3.63) is 29.3 Å². The molecule has 0 aliphatic rings. The maximum Gasteiger partial charge on any atom is 0.335 e. The molecule has 4 N–H and O–H groups in total. The second-order valence-corrected chi connectivity index (χ2v) is 3.13. The van der Waals surface area contributed by atoms with E-state index in [0.717, 1.165) is 0 Å². The van der Waals surface area contributed by atoms with Crippen LogP contribution in [0.2, 0.25) is 0 Å². The lowest BCUT2D eigenvalue weighted by Gasteiger charge is -2.16. The molecule has 0 spiro atoms. The van der Waals surface area contributed by atoms with Crippen molar-refractivity contribution in [1.82, 2.24) is 0 Å². The number of phenols is 1. The number of aliphatic hydroxyl groups is 2. The highest BCUT2D eigenvalue weighted by molar-refractivity contribution is 5.82. The zero-order valence-corrected chi connectivity index (χ0v) is 8.07. The second-order valence-electron chi connectivity index (χ2n) is 3.13. The number of hydrogen-bond acceptors (Lipinski definition) is 5. The summed E-state index contributed by atoms with van der Waals surface area (Å²) in [6.45, 7) is 0. The van der Waals surface area contributed by atoms with Gasteiger partial charge in [0.05, 0.1) is 5.56 Å². The quantitative estimate of drug-likeness (QED) is 0.523. The van der Waals surface area contributed by atoms with Gasteiger partial charge in [0.25, 0.3) is 0 Å². The van der Waals surface area contributed by atoms with E-state index < -0.39 is 18.2 Å². The number of carbonyl (C=O) groups is 2. The fraction of sp³-hybridized carbons (Fsp3) is 0.200. The minimum Gasteiger partial charge on any atom is -0.507 e. The molecule has 6 heteroatoms. The summed E-state index contributed by atoms with van der Waals surface area (Å²) in [4.78, 5) is 21.1. The number of aliphatic hydroxyl groups excluding tert-OH is 2. The molecule has 0 heterocycles. The van der Waals surface area contributed by atoms with Gasteiger partial charge in [-0.15, -0.1) is 0 Å². The van der Waals surface area contributed by atoms with Gasteiger partial charge in [0, 0.05) is 0 Å². The van der Waals surface area contributed by atoms with Gasteiger partial charge in [0.2, 0.25) is 0 Å². The van der Waals surface area contributed by atoms with E-state index in [-0.39, 0.29) is 23.2 Å². The molecular formula is C10H10O6. The SMILES string of the molecule is O=Cc1c(O)cccc1C(O)C(O)C(=O)O. The number of hydrogen-bond donors (Lipinski definition) is 4. The molecule has 6 nitrogen and oxygen atoms in total. The van der Waals surface area contributed by atoms with E-state index in [9.17, 15) is 19.8 Å². The van der Waals surface area contributed by atoms with Crippen LogP contribution in [0.4, 0.5) is 0 Å². The van der Waals surface area contributed by atoms with Crippen LogP contribution < -0.4 is 0 Å². The molecule has 1 aromatic carbocycles. The minimum atomic E-state index is -2.06. The number of carbonyl (C=O) groups excluding carboxylic acids is 1. The first-order chi connectivity index (χ1) is 7.49. The Balaban J connectivity index is 3.17. The van der Waals surface area contributed by atoms with Crippen LogP contribution in [0.5, 0.6) is 5.75 Å². The monoisotopic (exact) mass is 226 g/mol. The highest BCUT2D eigenvalue weighted by atomic mass is 16.4. The first-order valence-electron chi connectivity index (χ1n) is 4.35. The topological polar surface area (TPSA) is 115 Å². The molecule has 0 fully saturated rings. The van der Waals surface area contributed by atoms with Crippen LogP contribution >= 0.6 is 0 Å². The first kappa shape index (κ1) is 12.2. The molecule has 2 atom stereocenters. The maximum atomic E-state index is 10.6. The van der Waals surface area contributed by atoms with E-state index in [2.05, 4.69) is 0 Å². The smallest absolute Gasteiger partial charge is 0.335 e. The molecule has 0 amide bonds. The normalized spacial score (nSPS) is 14.1. The molecule has 0 aliphatic heterocycles. The Bertz CT molecular complexity index is 414. The molecule has 1 rings (SSSR count). The molecule has 16 heavy (non-hydrogen) atoms. The van der Waals surface area contributed by atoms with Gasteiger partial charge in [-0.1, -0.05) is 12.1 Å². The molecule has 0 radical (unpaired) electrons.